The van der Waals surface area contributed by atoms with Gasteiger partial charge < -0.3 is 15.4 Å². The van der Waals surface area contributed by atoms with E-state index in [0.29, 0.717) is 24.1 Å². The SMILES string of the molecule is C=Cc1ccc(NC(=O)C(C)(C)NCCCOc2ccc(-c3ccncc3)cc2C(F)(F)F)c(C)c1CCC. The van der Waals surface area contributed by atoms with Crippen molar-refractivity contribution in [2.75, 3.05) is 18.5 Å². The first-order chi connectivity index (χ1) is 18.5. The van der Waals surface area contributed by atoms with Gasteiger partial charge in [-0.15, -0.1) is 0 Å². The van der Waals surface area contributed by atoms with Crippen molar-refractivity contribution < 1.29 is 22.7 Å². The van der Waals surface area contributed by atoms with E-state index in [-0.39, 0.29) is 18.3 Å². The predicted molar refractivity (Wildman–Crippen MR) is 151 cm³/mol. The highest BCUT2D eigenvalue weighted by atomic mass is 19.4. The van der Waals surface area contributed by atoms with E-state index in [0.717, 1.165) is 35.7 Å². The molecule has 39 heavy (non-hydrogen) atoms. The average Bonchev–Trinajstić information content (AvgIpc) is 2.90. The number of ether oxygens (including phenoxy) is 1. The zero-order valence-electron chi connectivity index (χ0n) is 22.9. The molecule has 0 radical (unpaired) electrons. The molecule has 0 saturated heterocycles. The summed E-state index contributed by atoms with van der Waals surface area (Å²) in [6, 6.07) is 11.2. The topological polar surface area (TPSA) is 63.2 Å². The Kier molecular flexibility index (Phi) is 9.92. The summed E-state index contributed by atoms with van der Waals surface area (Å²) in [4.78, 5) is 17.0. The van der Waals surface area contributed by atoms with E-state index >= 15 is 0 Å². The first-order valence-corrected chi connectivity index (χ1v) is 13.0. The third kappa shape index (κ3) is 7.69. The van der Waals surface area contributed by atoms with Gasteiger partial charge in [-0.05, 0) is 98.3 Å². The molecule has 0 atom stereocenters. The minimum absolute atomic E-state index is 0.0604. The number of halogens is 3. The van der Waals surface area contributed by atoms with Crippen LogP contribution >= 0.6 is 0 Å². The Labute approximate surface area is 228 Å². The molecule has 1 heterocycles. The fourth-order valence-electron chi connectivity index (χ4n) is 4.30. The molecule has 0 fully saturated rings. The molecule has 5 nitrogen and oxygen atoms in total. The Morgan fingerprint density at radius 1 is 1.08 bits per heavy atom. The third-order valence-corrected chi connectivity index (χ3v) is 6.61. The molecule has 2 N–H and O–H groups in total. The van der Waals surface area contributed by atoms with Gasteiger partial charge in [0, 0.05) is 18.1 Å². The molecule has 1 aromatic heterocycles. The molecule has 0 bridgehead atoms. The van der Waals surface area contributed by atoms with Crippen LogP contribution in [-0.4, -0.2) is 29.6 Å². The van der Waals surface area contributed by atoms with Crippen LogP contribution in [0.25, 0.3) is 17.2 Å². The minimum atomic E-state index is -4.56. The van der Waals surface area contributed by atoms with Gasteiger partial charge in [0.05, 0.1) is 17.7 Å². The molecule has 0 spiro atoms. The number of anilines is 1. The largest absolute Gasteiger partial charge is 0.493 e. The van der Waals surface area contributed by atoms with Crippen LogP contribution in [0.5, 0.6) is 5.75 Å². The number of hydrogen-bond donors (Lipinski definition) is 2. The number of benzene rings is 2. The summed E-state index contributed by atoms with van der Waals surface area (Å²) in [5, 5.41) is 6.20. The van der Waals surface area contributed by atoms with Crippen molar-refractivity contribution in [1.82, 2.24) is 10.3 Å². The lowest BCUT2D eigenvalue weighted by atomic mass is 9.95. The van der Waals surface area contributed by atoms with E-state index in [1.165, 1.54) is 24.0 Å². The molecule has 0 aliphatic rings. The average molecular weight is 540 g/mol. The second-order valence-corrected chi connectivity index (χ2v) is 9.91. The van der Waals surface area contributed by atoms with Crippen molar-refractivity contribution in [3.05, 3.63) is 83.7 Å². The Balaban J connectivity index is 1.58. The molecule has 3 aromatic rings. The van der Waals surface area contributed by atoms with E-state index in [2.05, 4.69) is 29.1 Å². The van der Waals surface area contributed by atoms with Crippen LogP contribution in [0, 0.1) is 6.92 Å². The van der Waals surface area contributed by atoms with Crippen molar-refractivity contribution in [2.45, 2.75) is 58.7 Å². The zero-order chi connectivity index (χ0) is 28.6. The van der Waals surface area contributed by atoms with E-state index in [9.17, 15) is 18.0 Å². The smallest absolute Gasteiger partial charge is 0.419 e. The number of hydrogen-bond acceptors (Lipinski definition) is 4. The summed E-state index contributed by atoms with van der Waals surface area (Å²) < 4.78 is 46.7. The molecular weight excluding hydrogens is 503 g/mol. The lowest BCUT2D eigenvalue weighted by Gasteiger charge is -2.26. The van der Waals surface area contributed by atoms with E-state index < -0.39 is 17.3 Å². The Morgan fingerprint density at radius 2 is 1.79 bits per heavy atom. The highest BCUT2D eigenvalue weighted by Gasteiger charge is 2.35. The summed E-state index contributed by atoms with van der Waals surface area (Å²) in [6.45, 7) is 12.0. The van der Waals surface area contributed by atoms with Crippen LogP contribution < -0.4 is 15.4 Å². The summed E-state index contributed by atoms with van der Waals surface area (Å²) in [7, 11) is 0. The molecule has 0 saturated carbocycles. The van der Waals surface area contributed by atoms with Crippen molar-refractivity contribution >= 4 is 17.7 Å². The van der Waals surface area contributed by atoms with Gasteiger partial charge in [0.25, 0.3) is 0 Å². The first kappa shape index (κ1) is 29.9. The normalized spacial score (nSPS) is 11.8. The van der Waals surface area contributed by atoms with Crippen molar-refractivity contribution in [3.63, 3.8) is 0 Å². The minimum Gasteiger partial charge on any atom is -0.493 e. The second-order valence-electron chi connectivity index (χ2n) is 9.91. The van der Waals surface area contributed by atoms with Crippen LogP contribution in [0.4, 0.5) is 18.9 Å². The summed E-state index contributed by atoms with van der Waals surface area (Å²) in [5.41, 5.74) is 3.33. The Hall–Kier alpha value is -3.65. The van der Waals surface area contributed by atoms with E-state index in [1.807, 2.05) is 25.1 Å². The third-order valence-electron chi connectivity index (χ3n) is 6.61. The number of aromatic nitrogens is 1. The maximum absolute atomic E-state index is 13.7. The van der Waals surface area contributed by atoms with Crippen molar-refractivity contribution in [1.29, 1.82) is 0 Å². The highest BCUT2D eigenvalue weighted by molar-refractivity contribution is 5.98. The molecule has 1 amide bonds. The van der Waals surface area contributed by atoms with Gasteiger partial charge in [0.1, 0.15) is 5.75 Å². The maximum Gasteiger partial charge on any atom is 0.419 e. The molecule has 0 aliphatic heterocycles. The van der Waals surface area contributed by atoms with Gasteiger partial charge in [-0.1, -0.05) is 38.1 Å². The molecule has 3 rings (SSSR count). The lowest BCUT2D eigenvalue weighted by molar-refractivity contribution is -0.139. The number of pyridine rings is 1. The van der Waals surface area contributed by atoms with Crippen LogP contribution in [0.3, 0.4) is 0 Å². The van der Waals surface area contributed by atoms with Crippen LogP contribution in [0.1, 0.15) is 55.9 Å². The second kappa shape index (κ2) is 12.9. The summed E-state index contributed by atoms with van der Waals surface area (Å²) >= 11 is 0. The molecule has 208 valence electrons. The molecule has 0 unspecified atom stereocenters. The monoisotopic (exact) mass is 539 g/mol. The summed E-state index contributed by atoms with van der Waals surface area (Å²) in [5.74, 6) is -0.426. The highest BCUT2D eigenvalue weighted by Crippen LogP contribution is 2.38. The van der Waals surface area contributed by atoms with Gasteiger partial charge in [-0.25, -0.2) is 0 Å². The summed E-state index contributed by atoms with van der Waals surface area (Å²) in [6.07, 6.45) is 2.61. The standard InChI is InChI=1S/C31H36F3N3O2/c1-6-9-25-21(3)27(12-10-22(25)7-2)37-29(38)30(4,5)36-16-8-19-39-28-13-11-24(20-26(28)31(32,33)34)23-14-17-35-18-15-23/h7,10-15,17-18,20,36H,2,6,8-9,16,19H2,1,3-5H3,(H,37,38). The van der Waals surface area contributed by atoms with E-state index in [4.69, 9.17) is 4.74 Å². The number of amides is 1. The van der Waals surface area contributed by atoms with E-state index in [1.54, 1.807) is 32.0 Å². The number of carbonyl (C=O) groups excluding carboxylic acids is 1. The zero-order valence-corrected chi connectivity index (χ0v) is 22.9. The van der Waals surface area contributed by atoms with Crippen molar-refractivity contribution in [2.24, 2.45) is 0 Å². The van der Waals surface area contributed by atoms with Gasteiger partial charge in [0.15, 0.2) is 0 Å². The predicted octanol–water partition coefficient (Wildman–Crippen LogP) is 7.45. The van der Waals surface area contributed by atoms with Gasteiger partial charge in [0.2, 0.25) is 5.91 Å². The molecule has 2 aromatic carbocycles. The number of rotatable bonds is 12. The van der Waals surface area contributed by atoms with Crippen LogP contribution in [0.15, 0.2) is 61.4 Å². The van der Waals surface area contributed by atoms with Gasteiger partial charge in [-0.3, -0.25) is 9.78 Å². The first-order valence-electron chi connectivity index (χ1n) is 13.0. The number of alkyl halides is 3. The Morgan fingerprint density at radius 3 is 2.44 bits per heavy atom. The number of nitrogens with zero attached hydrogens (tertiary/aromatic N) is 1. The lowest BCUT2D eigenvalue weighted by Crippen LogP contribution is -2.50. The van der Waals surface area contributed by atoms with Crippen LogP contribution in [0.2, 0.25) is 0 Å². The maximum atomic E-state index is 13.7. The number of nitrogens with one attached hydrogen (secondary N) is 2. The number of carbonyl (C=O) groups is 1. The van der Waals surface area contributed by atoms with Gasteiger partial charge >= 0.3 is 6.18 Å². The molecular formula is C31H36F3N3O2. The van der Waals surface area contributed by atoms with Crippen LogP contribution in [-0.2, 0) is 17.4 Å². The molecule has 8 heteroatoms. The molecule has 0 aliphatic carbocycles. The van der Waals surface area contributed by atoms with Crippen molar-refractivity contribution in [3.8, 4) is 16.9 Å². The quantitative estimate of drug-likeness (QED) is 0.235. The fourth-order valence-corrected chi connectivity index (χ4v) is 4.30. The van der Waals surface area contributed by atoms with Gasteiger partial charge in [-0.2, -0.15) is 13.2 Å². The Bertz CT molecular complexity index is 1290. The fraction of sp³-hybridized carbons (Fsp3) is 0.355.